The molecule has 7 nitrogen and oxygen atoms in total. The van der Waals surface area contributed by atoms with Crippen LogP contribution in [0.5, 0.6) is 11.5 Å². The summed E-state index contributed by atoms with van der Waals surface area (Å²) < 4.78 is 12.5. The zero-order chi connectivity index (χ0) is 19.3. The standard InChI is InChI=1S/C21H19N3O4/c25-20(15-3-6-17(7-4-15)24-11-1-2-12-24)22-9-10-23-21(26)16-5-8-18-19(13-16)28-14-27-18/h1-8,11-13H,9-10,14H2,(H,22,25)(H,23,26). The lowest BCUT2D eigenvalue weighted by Crippen LogP contribution is -2.34. The molecule has 1 aromatic heterocycles. The minimum Gasteiger partial charge on any atom is -0.454 e. The van der Waals surface area contributed by atoms with Crippen LogP contribution in [-0.2, 0) is 0 Å². The van der Waals surface area contributed by atoms with Gasteiger partial charge in [-0.2, -0.15) is 0 Å². The van der Waals surface area contributed by atoms with Gasteiger partial charge in [0, 0.05) is 42.3 Å². The molecule has 2 heterocycles. The van der Waals surface area contributed by atoms with Crippen LogP contribution in [0.4, 0.5) is 0 Å². The van der Waals surface area contributed by atoms with Gasteiger partial charge in [0.2, 0.25) is 6.79 Å². The van der Waals surface area contributed by atoms with Crippen molar-refractivity contribution in [2.75, 3.05) is 19.9 Å². The van der Waals surface area contributed by atoms with Crippen molar-refractivity contribution in [3.05, 3.63) is 78.1 Å². The maximum Gasteiger partial charge on any atom is 0.251 e. The number of rotatable bonds is 6. The molecule has 1 aliphatic heterocycles. The van der Waals surface area contributed by atoms with Crippen molar-refractivity contribution in [1.29, 1.82) is 0 Å². The van der Waals surface area contributed by atoms with E-state index in [2.05, 4.69) is 10.6 Å². The molecule has 0 aliphatic carbocycles. The Morgan fingerprint density at radius 1 is 0.821 bits per heavy atom. The number of ether oxygens (including phenoxy) is 2. The van der Waals surface area contributed by atoms with E-state index in [4.69, 9.17) is 9.47 Å². The van der Waals surface area contributed by atoms with Gasteiger partial charge in [-0.05, 0) is 54.6 Å². The maximum absolute atomic E-state index is 12.2. The molecule has 0 unspecified atom stereocenters. The molecular weight excluding hydrogens is 358 g/mol. The number of benzene rings is 2. The largest absolute Gasteiger partial charge is 0.454 e. The van der Waals surface area contributed by atoms with Crippen molar-refractivity contribution < 1.29 is 19.1 Å². The van der Waals surface area contributed by atoms with E-state index >= 15 is 0 Å². The first kappa shape index (κ1) is 17.7. The monoisotopic (exact) mass is 377 g/mol. The molecule has 0 bridgehead atoms. The molecule has 0 saturated carbocycles. The SMILES string of the molecule is O=C(NCCNC(=O)c1ccc2c(c1)OCO2)c1ccc(-n2cccc2)cc1. The normalized spacial score (nSPS) is 11.9. The van der Waals surface area contributed by atoms with Gasteiger partial charge in [-0.1, -0.05) is 0 Å². The summed E-state index contributed by atoms with van der Waals surface area (Å²) in [6.07, 6.45) is 3.88. The summed E-state index contributed by atoms with van der Waals surface area (Å²) in [7, 11) is 0. The first-order valence-electron chi connectivity index (χ1n) is 8.90. The molecule has 28 heavy (non-hydrogen) atoms. The summed E-state index contributed by atoms with van der Waals surface area (Å²) in [5.41, 5.74) is 2.03. The van der Waals surface area contributed by atoms with E-state index in [1.165, 1.54) is 0 Å². The highest BCUT2D eigenvalue weighted by molar-refractivity contribution is 5.95. The Balaban J connectivity index is 1.24. The third-order valence-corrected chi connectivity index (χ3v) is 4.36. The molecule has 0 fully saturated rings. The van der Waals surface area contributed by atoms with E-state index in [9.17, 15) is 9.59 Å². The van der Waals surface area contributed by atoms with E-state index in [-0.39, 0.29) is 18.6 Å². The van der Waals surface area contributed by atoms with Crippen molar-refractivity contribution in [2.24, 2.45) is 0 Å². The number of carbonyl (C=O) groups excluding carboxylic acids is 2. The lowest BCUT2D eigenvalue weighted by atomic mass is 10.2. The number of amides is 2. The van der Waals surface area contributed by atoms with Gasteiger partial charge in [0.05, 0.1) is 0 Å². The molecule has 2 amide bonds. The van der Waals surface area contributed by atoms with Gasteiger partial charge >= 0.3 is 0 Å². The molecule has 1 aliphatic rings. The Morgan fingerprint density at radius 3 is 2.14 bits per heavy atom. The van der Waals surface area contributed by atoms with Crippen LogP contribution >= 0.6 is 0 Å². The third-order valence-electron chi connectivity index (χ3n) is 4.36. The predicted molar refractivity (Wildman–Crippen MR) is 103 cm³/mol. The number of aromatic nitrogens is 1. The lowest BCUT2D eigenvalue weighted by Gasteiger charge is -2.09. The second-order valence-electron chi connectivity index (χ2n) is 6.22. The molecule has 0 radical (unpaired) electrons. The van der Waals surface area contributed by atoms with Crippen molar-refractivity contribution in [2.45, 2.75) is 0 Å². The first-order valence-corrected chi connectivity index (χ1v) is 8.90. The second-order valence-corrected chi connectivity index (χ2v) is 6.22. The highest BCUT2D eigenvalue weighted by atomic mass is 16.7. The Bertz CT molecular complexity index is 981. The van der Waals surface area contributed by atoms with Gasteiger partial charge in [-0.25, -0.2) is 0 Å². The van der Waals surface area contributed by atoms with E-state index in [1.54, 1.807) is 30.3 Å². The third kappa shape index (κ3) is 3.83. The average Bonchev–Trinajstić information content (AvgIpc) is 3.42. The van der Waals surface area contributed by atoms with Crippen LogP contribution in [0.15, 0.2) is 67.0 Å². The zero-order valence-electron chi connectivity index (χ0n) is 15.1. The summed E-state index contributed by atoms with van der Waals surface area (Å²) in [6.45, 7) is 0.813. The van der Waals surface area contributed by atoms with Crippen molar-refractivity contribution in [1.82, 2.24) is 15.2 Å². The smallest absolute Gasteiger partial charge is 0.251 e. The van der Waals surface area contributed by atoms with Crippen LogP contribution in [-0.4, -0.2) is 36.3 Å². The van der Waals surface area contributed by atoms with Crippen LogP contribution in [0.25, 0.3) is 5.69 Å². The Hall–Kier alpha value is -3.74. The summed E-state index contributed by atoms with van der Waals surface area (Å²) in [6, 6.07) is 16.2. The number of carbonyl (C=O) groups is 2. The lowest BCUT2D eigenvalue weighted by molar-refractivity contribution is 0.0927. The molecule has 2 aromatic carbocycles. The second kappa shape index (κ2) is 7.87. The van der Waals surface area contributed by atoms with Gasteiger partial charge in [-0.15, -0.1) is 0 Å². The minimum absolute atomic E-state index is 0.166. The molecule has 4 rings (SSSR count). The highest BCUT2D eigenvalue weighted by Gasteiger charge is 2.16. The molecule has 7 heteroatoms. The molecule has 142 valence electrons. The number of hydrogen-bond acceptors (Lipinski definition) is 4. The van der Waals surface area contributed by atoms with E-state index in [1.807, 2.05) is 41.2 Å². The zero-order valence-corrected chi connectivity index (χ0v) is 15.1. The van der Waals surface area contributed by atoms with Gasteiger partial charge in [0.1, 0.15) is 0 Å². The molecule has 3 aromatic rings. The van der Waals surface area contributed by atoms with E-state index < -0.39 is 0 Å². The fourth-order valence-electron chi connectivity index (χ4n) is 2.89. The number of fused-ring (bicyclic) bond motifs is 1. The number of nitrogens with zero attached hydrogens (tertiary/aromatic N) is 1. The molecule has 2 N–H and O–H groups in total. The number of hydrogen-bond donors (Lipinski definition) is 2. The molecule has 0 saturated heterocycles. The maximum atomic E-state index is 12.2. The minimum atomic E-state index is -0.233. The molecule has 0 atom stereocenters. The Kier molecular flexibility index (Phi) is 4.97. The number of nitrogens with one attached hydrogen (secondary N) is 2. The molecule has 0 spiro atoms. The molecular formula is C21H19N3O4. The van der Waals surface area contributed by atoms with Crippen LogP contribution < -0.4 is 20.1 Å². The van der Waals surface area contributed by atoms with Gasteiger partial charge < -0.3 is 24.7 Å². The van der Waals surface area contributed by atoms with Crippen LogP contribution in [0.2, 0.25) is 0 Å². The van der Waals surface area contributed by atoms with E-state index in [0.717, 1.165) is 5.69 Å². The van der Waals surface area contributed by atoms with Crippen LogP contribution in [0.1, 0.15) is 20.7 Å². The van der Waals surface area contributed by atoms with Crippen LogP contribution in [0.3, 0.4) is 0 Å². The van der Waals surface area contributed by atoms with Gasteiger partial charge in [0.25, 0.3) is 11.8 Å². The summed E-state index contributed by atoms with van der Waals surface area (Å²) >= 11 is 0. The summed E-state index contributed by atoms with van der Waals surface area (Å²) in [4.78, 5) is 24.4. The van der Waals surface area contributed by atoms with Gasteiger partial charge in [-0.3, -0.25) is 9.59 Å². The average molecular weight is 377 g/mol. The Labute approximate surface area is 161 Å². The highest BCUT2D eigenvalue weighted by Crippen LogP contribution is 2.32. The first-order chi connectivity index (χ1) is 13.7. The van der Waals surface area contributed by atoms with Crippen LogP contribution in [0, 0.1) is 0 Å². The predicted octanol–water partition coefficient (Wildman–Crippen LogP) is 2.37. The van der Waals surface area contributed by atoms with E-state index in [0.29, 0.717) is 35.7 Å². The summed E-state index contributed by atoms with van der Waals surface area (Å²) in [5, 5.41) is 5.57. The van der Waals surface area contributed by atoms with Crippen molar-refractivity contribution in [3.8, 4) is 17.2 Å². The van der Waals surface area contributed by atoms with Crippen molar-refractivity contribution >= 4 is 11.8 Å². The summed E-state index contributed by atoms with van der Waals surface area (Å²) in [5.74, 6) is 0.774. The quantitative estimate of drug-likeness (QED) is 0.646. The topological polar surface area (TPSA) is 81.6 Å². The fraction of sp³-hybridized carbons (Fsp3) is 0.143. The Morgan fingerprint density at radius 2 is 1.43 bits per heavy atom. The fourth-order valence-corrected chi connectivity index (χ4v) is 2.89. The van der Waals surface area contributed by atoms with Crippen molar-refractivity contribution in [3.63, 3.8) is 0 Å². The van der Waals surface area contributed by atoms with Gasteiger partial charge in [0.15, 0.2) is 11.5 Å².